The summed E-state index contributed by atoms with van der Waals surface area (Å²) >= 11 is 0. The number of amides is 4. The molecule has 0 radical (unpaired) electrons. The number of hydrogen-bond donors (Lipinski definition) is 2. The van der Waals surface area contributed by atoms with Crippen LogP contribution in [0.4, 0.5) is 0 Å². The topological polar surface area (TPSA) is 105 Å². The minimum absolute atomic E-state index is 0.0766. The fourth-order valence-corrected chi connectivity index (χ4v) is 3.63. The molecule has 26 heavy (non-hydrogen) atoms. The Morgan fingerprint density at radius 3 is 2.42 bits per heavy atom. The van der Waals surface area contributed by atoms with Crippen LogP contribution < -0.4 is 15.4 Å². The van der Waals surface area contributed by atoms with Crippen molar-refractivity contribution < 1.29 is 23.9 Å². The second-order valence-corrected chi connectivity index (χ2v) is 6.72. The van der Waals surface area contributed by atoms with E-state index >= 15 is 0 Å². The van der Waals surface area contributed by atoms with Crippen LogP contribution >= 0.6 is 0 Å². The number of carbonyl (C=O) groups excluding carboxylic acids is 4. The third-order valence-corrected chi connectivity index (χ3v) is 5.00. The number of piperidine rings is 2. The van der Waals surface area contributed by atoms with Crippen LogP contribution in [0.25, 0.3) is 0 Å². The maximum absolute atomic E-state index is 12.8. The summed E-state index contributed by atoms with van der Waals surface area (Å²) < 4.78 is 5.93. The summed E-state index contributed by atoms with van der Waals surface area (Å²) in [6.07, 6.45) is 2.09. The fraction of sp³-hybridized carbons (Fsp3) is 0.444. The highest BCUT2D eigenvalue weighted by Crippen LogP contribution is 2.30. The average Bonchev–Trinajstić information content (AvgIpc) is 2.87. The van der Waals surface area contributed by atoms with Crippen molar-refractivity contribution >= 4 is 23.6 Å². The molecule has 0 aliphatic carbocycles. The smallest absolute Gasteiger partial charge is 0.262 e. The predicted molar refractivity (Wildman–Crippen MR) is 89.6 cm³/mol. The van der Waals surface area contributed by atoms with Crippen LogP contribution in [0.15, 0.2) is 18.2 Å². The van der Waals surface area contributed by atoms with Gasteiger partial charge in [-0.05, 0) is 50.6 Å². The highest BCUT2D eigenvalue weighted by Gasteiger charge is 2.44. The first-order valence-electron chi connectivity index (χ1n) is 8.77. The van der Waals surface area contributed by atoms with Crippen molar-refractivity contribution in [3.05, 3.63) is 29.3 Å². The van der Waals surface area contributed by atoms with E-state index in [1.165, 1.54) is 0 Å². The van der Waals surface area contributed by atoms with Gasteiger partial charge in [-0.25, -0.2) is 0 Å². The van der Waals surface area contributed by atoms with Gasteiger partial charge in [0.25, 0.3) is 11.8 Å². The van der Waals surface area contributed by atoms with E-state index in [-0.39, 0.29) is 36.0 Å². The molecule has 0 bridgehead atoms. The Labute approximate surface area is 149 Å². The van der Waals surface area contributed by atoms with Gasteiger partial charge in [0.2, 0.25) is 11.8 Å². The van der Waals surface area contributed by atoms with E-state index in [1.807, 2.05) is 0 Å². The molecule has 8 heteroatoms. The van der Waals surface area contributed by atoms with Crippen molar-refractivity contribution in [1.82, 2.24) is 15.5 Å². The number of fused-ring (bicyclic) bond motifs is 1. The lowest BCUT2D eigenvalue weighted by molar-refractivity contribution is -0.136. The molecule has 0 saturated carbocycles. The molecule has 1 atom stereocenters. The maximum atomic E-state index is 12.8. The van der Waals surface area contributed by atoms with E-state index in [2.05, 4.69) is 10.6 Å². The van der Waals surface area contributed by atoms with Crippen molar-refractivity contribution in [3.8, 4) is 5.75 Å². The van der Waals surface area contributed by atoms with Gasteiger partial charge in [0.1, 0.15) is 17.9 Å². The number of rotatable bonds is 3. The van der Waals surface area contributed by atoms with Crippen molar-refractivity contribution in [1.29, 1.82) is 0 Å². The Morgan fingerprint density at radius 2 is 1.69 bits per heavy atom. The first kappa shape index (κ1) is 16.7. The lowest BCUT2D eigenvalue weighted by Crippen LogP contribution is -2.54. The quantitative estimate of drug-likeness (QED) is 0.750. The Hall–Kier alpha value is -2.74. The number of nitrogens with one attached hydrogen (secondary N) is 2. The molecule has 1 unspecified atom stereocenters. The van der Waals surface area contributed by atoms with Gasteiger partial charge in [-0.3, -0.25) is 29.4 Å². The molecule has 8 nitrogen and oxygen atoms in total. The van der Waals surface area contributed by atoms with E-state index in [1.54, 1.807) is 18.2 Å². The van der Waals surface area contributed by atoms with Crippen molar-refractivity contribution in [3.63, 3.8) is 0 Å². The third-order valence-electron chi connectivity index (χ3n) is 5.00. The molecule has 1 aromatic rings. The summed E-state index contributed by atoms with van der Waals surface area (Å²) in [5.41, 5.74) is 0.503. The zero-order valence-electron chi connectivity index (χ0n) is 14.1. The van der Waals surface area contributed by atoms with Crippen LogP contribution in [0.3, 0.4) is 0 Å². The second-order valence-electron chi connectivity index (χ2n) is 6.72. The molecular formula is C18H19N3O5. The third kappa shape index (κ3) is 2.86. The standard InChI is InChI=1S/C18H19N3O5/c22-15-4-3-14(16(23)20-15)21-17(24)12-2-1-11(9-13(12)18(21)25)26-10-5-7-19-8-6-10/h1-2,9-10,14,19H,3-8H2,(H,20,22,23). The van der Waals surface area contributed by atoms with Crippen LogP contribution in [-0.4, -0.2) is 53.8 Å². The van der Waals surface area contributed by atoms with Gasteiger partial charge in [-0.2, -0.15) is 0 Å². The lowest BCUT2D eigenvalue weighted by atomic mass is 10.0. The van der Waals surface area contributed by atoms with Crippen molar-refractivity contribution in [2.24, 2.45) is 0 Å². The summed E-state index contributed by atoms with van der Waals surface area (Å²) in [5.74, 6) is -1.48. The summed E-state index contributed by atoms with van der Waals surface area (Å²) in [6.45, 7) is 1.77. The molecule has 0 aromatic heterocycles. The molecule has 4 amide bonds. The number of imide groups is 2. The first-order chi connectivity index (χ1) is 12.5. The van der Waals surface area contributed by atoms with Crippen LogP contribution in [0.5, 0.6) is 5.75 Å². The molecule has 136 valence electrons. The summed E-state index contributed by atoms with van der Waals surface area (Å²) in [4.78, 5) is 49.7. The van der Waals surface area contributed by atoms with Crippen LogP contribution in [0.2, 0.25) is 0 Å². The summed E-state index contributed by atoms with van der Waals surface area (Å²) in [7, 11) is 0. The Kier molecular flexibility index (Phi) is 4.20. The van der Waals surface area contributed by atoms with Gasteiger partial charge in [0, 0.05) is 6.42 Å². The fourth-order valence-electron chi connectivity index (χ4n) is 3.63. The Bertz CT molecular complexity index is 800. The van der Waals surface area contributed by atoms with Gasteiger partial charge in [-0.15, -0.1) is 0 Å². The highest BCUT2D eigenvalue weighted by atomic mass is 16.5. The normalized spacial score (nSPS) is 23.8. The Balaban J connectivity index is 1.56. The largest absolute Gasteiger partial charge is 0.490 e. The molecule has 3 heterocycles. The van der Waals surface area contributed by atoms with Crippen LogP contribution in [-0.2, 0) is 9.59 Å². The molecule has 2 N–H and O–H groups in total. The lowest BCUT2D eigenvalue weighted by Gasteiger charge is -2.27. The molecule has 3 aliphatic heterocycles. The van der Waals surface area contributed by atoms with E-state index in [0.29, 0.717) is 5.75 Å². The maximum Gasteiger partial charge on any atom is 0.262 e. The zero-order valence-corrected chi connectivity index (χ0v) is 14.1. The minimum atomic E-state index is -0.950. The highest BCUT2D eigenvalue weighted by molar-refractivity contribution is 6.23. The average molecular weight is 357 g/mol. The molecule has 3 aliphatic rings. The van der Waals surface area contributed by atoms with Crippen molar-refractivity contribution in [2.75, 3.05) is 13.1 Å². The molecule has 2 fully saturated rings. The van der Waals surface area contributed by atoms with E-state index < -0.39 is 23.8 Å². The second kappa shape index (κ2) is 6.53. The van der Waals surface area contributed by atoms with Crippen molar-refractivity contribution in [2.45, 2.75) is 37.8 Å². The van der Waals surface area contributed by atoms with Gasteiger partial charge < -0.3 is 10.1 Å². The zero-order chi connectivity index (χ0) is 18.3. The predicted octanol–water partition coefficient (Wildman–Crippen LogP) is 0.219. The van der Waals surface area contributed by atoms with E-state index in [0.717, 1.165) is 30.8 Å². The van der Waals surface area contributed by atoms with E-state index in [9.17, 15) is 19.2 Å². The minimum Gasteiger partial charge on any atom is -0.490 e. The summed E-state index contributed by atoms with van der Waals surface area (Å²) in [5, 5.41) is 5.44. The monoisotopic (exact) mass is 357 g/mol. The number of benzene rings is 1. The molecule has 1 aromatic carbocycles. The number of hydrogen-bond acceptors (Lipinski definition) is 6. The van der Waals surface area contributed by atoms with Crippen LogP contribution in [0, 0.1) is 0 Å². The van der Waals surface area contributed by atoms with Gasteiger partial charge in [0.15, 0.2) is 0 Å². The van der Waals surface area contributed by atoms with Gasteiger partial charge in [-0.1, -0.05) is 0 Å². The molecule has 4 rings (SSSR count). The SMILES string of the molecule is O=C1CCC(N2C(=O)c3ccc(OC4CCNCC4)cc3C2=O)C(=O)N1. The number of nitrogens with zero attached hydrogens (tertiary/aromatic N) is 1. The number of carbonyl (C=O) groups is 4. The first-order valence-corrected chi connectivity index (χ1v) is 8.77. The number of ether oxygens (including phenoxy) is 1. The molecule has 0 spiro atoms. The Morgan fingerprint density at radius 1 is 0.962 bits per heavy atom. The molecule has 2 saturated heterocycles. The van der Waals surface area contributed by atoms with E-state index in [4.69, 9.17) is 4.74 Å². The summed E-state index contributed by atoms with van der Waals surface area (Å²) in [6, 6.07) is 3.87. The van der Waals surface area contributed by atoms with Gasteiger partial charge >= 0.3 is 0 Å². The van der Waals surface area contributed by atoms with Crippen LogP contribution in [0.1, 0.15) is 46.4 Å². The van der Waals surface area contributed by atoms with Gasteiger partial charge in [0.05, 0.1) is 11.1 Å². The molecular weight excluding hydrogens is 338 g/mol.